The average molecular weight is 426 g/mol. The average Bonchev–Trinajstić information content (AvgIpc) is 2.78. The zero-order chi connectivity index (χ0) is 21.1. The van der Waals surface area contributed by atoms with Crippen molar-refractivity contribution < 1.29 is 4.79 Å². The number of carbonyl (C=O) groups is 1. The maximum atomic E-state index is 13.0. The first-order valence-electron chi connectivity index (χ1n) is 10.2. The van der Waals surface area contributed by atoms with Crippen LogP contribution in [0.1, 0.15) is 25.3 Å². The molecule has 0 saturated carbocycles. The van der Waals surface area contributed by atoms with Crippen LogP contribution in [0.5, 0.6) is 0 Å². The first kappa shape index (κ1) is 20.3. The van der Waals surface area contributed by atoms with E-state index in [1.807, 2.05) is 48.2 Å². The van der Waals surface area contributed by atoms with Crippen LogP contribution in [-0.4, -0.2) is 33.5 Å². The van der Waals surface area contributed by atoms with Crippen LogP contribution in [0.4, 0.5) is 5.82 Å². The molecule has 0 bridgehead atoms. The number of pyridine rings is 1. The summed E-state index contributed by atoms with van der Waals surface area (Å²) in [6.45, 7) is 3.98. The van der Waals surface area contributed by atoms with Gasteiger partial charge in [-0.1, -0.05) is 29.8 Å². The summed E-state index contributed by atoms with van der Waals surface area (Å²) in [7, 11) is 0. The molecule has 0 radical (unpaired) electrons. The van der Waals surface area contributed by atoms with Gasteiger partial charge in [-0.15, -0.1) is 0 Å². The van der Waals surface area contributed by atoms with Crippen LogP contribution in [0, 0.1) is 5.92 Å². The van der Waals surface area contributed by atoms with E-state index in [-0.39, 0.29) is 17.4 Å². The van der Waals surface area contributed by atoms with Crippen molar-refractivity contribution in [3.63, 3.8) is 0 Å². The molecular formula is C22H24ClN5O2. The van der Waals surface area contributed by atoms with E-state index in [2.05, 4.69) is 15.3 Å². The van der Waals surface area contributed by atoms with Gasteiger partial charge in [0.05, 0.1) is 5.92 Å². The summed E-state index contributed by atoms with van der Waals surface area (Å²) in [6.07, 6.45) is 3.26. The minimum atomic E-state index is -0.206. The summed E-state index contributed by atoms with van der Waals surface area (Å²) in [5, 5.41) is 3.62. The van der Waals surface area contributed by atoms with E-state index in [9.17, 15) is 9.59 Å². The summed E-state index contributed by atoms with van der Waals surface area (Å²) in [5.74, 6) is 0.154. The van der Waals surface area contributed by atoms with Gasteiger partial charge in [0.15, 0.2) is 11.5 Å². The molecule has 1 aliphatic heterocycles. The fourth-order valence-electron chi connectivity index (χ4n) is 3.91. The molecule has 1 saturated heterocycles. The van der Waals surface area contributed by atoms with Gasteiger partial charge >= 0.3 is 0 Å². The monoisotopic (exact) mass is 425 g/mol. The Kier molecular flexibility index (Phi) is 5.99. The minimum Gasteiger partial charge on any atom is -0.352 e. The lowest BCUT2D eigenvalue weighted by Crippen LogP contribution is -2.45. The Morgan fingerprint density at radius 3 is 2.90 bits per heavy atom. The number of nitrogens with one attached hydrogen (secondary N) is 1. The maximum absolute atomic E-state index is 13.0. The molecule has 1 atom stereocenters. The number of aromatic nitrogens is 3. The lowest BCUT2D eigenvalue weighted by Gasteiger charge is -2.32. The molecule has 1 aliphatic rings. The number of nitrogens with zero attached hydrogens (tertiary/aromatic N) is 4. The van der Waals surface area contributed by atoms with Gasteiger partial charge in [-0.05, 0) is 43.5 Å². The van der Waals surface area contributed by atoms with Crippen molar-refractivity contribution in [2.45, 2.75) is 32.9 Å². The Morgan fingerprint density at radius 1 is 1.27 bits per heavy atom. The predicted molar refractivity (Wildman–Crippen MR) is 118 cm³/mol. The highest BCUT2D eigenvalue weighted by molar-refractivity contribution is 6.31. The largest absolute Gasteiger partial charge is 0.352 e. The lowest BCUT2D eigenvalue weighted by molar-refractivity contribution is -0.125. The fourth-order valence-corrected chi connectivity index (χ4v) is 4.12. The molecular weight excluding hydrogens is 402 g/mol. The quantitative estimate of drug-likeness (QED) is 0.679. The molecule has 1 amide bonds. The second-order valence-electron chi connectivity index (χ2n) is 7.43. The molecule has 156 valence electrons. The number of anilines is 1. The number of hydrogen-bond donors (Lipinski definition) is 1. The van der Waals surface area contributed by atoms with Crippen LogP contribution < -0.4 is 15.8 Å². The van der Waals surface area contributed by atoms with Gasteiger partial charge in [-0.2, -0.15) is 0 Å². The first-order chi connectivity index (χ1) is 14.6. The molecule has 1 fully saturated rings. The van der Waals surface area contributed by atoms with Gasteiger partial charge in [0, 0.05) is 37.4 Å². The van der Waals surface area contributed by atoms with Gasteiger partial charge in [-0.3, -0.25) is 14.2 Å². The normalized spacial score (nSPS) is 16.6. The summed E-state index contributed by atoms with van der Waals surface area (Å²) in [4.78, 5) is 36.7. The van der Waals surface area contributed by atoms with Gasteiger partial charge in [0.2, 0.25) is 5.91 Å². The highest BCUT2D eigenvalue weighted by Crippen LogP contribution is 2.22. The maximum Gasteiger partial charge on any atom is 0.295 e. The van der Waals surface area contributed by atoms with E-state index in [0.717, 1.165) is 18.4 Å². The van der Waals surface area contributed by atoms with Crippen LogP contribution in [0.15, 0.2) is 47.4 Å². The number of piperidine rings is 1. The zero-order valence-corrected chi connectivity index (χ0v) is 17.6. The predicted octanol–water partition coefficient (Wildman–Crippen LogP) is 3.00. The van der Waals surface area contributed by atoms with Gasteiger partial charge in [0.1, 0.15) is 5.52 Å². The SMILES string of the molecule is CCn1c(=O)c(N2CCCC(C(=O)NCc3ccccc3Cl)C2)nc2cccnc21. The van der Waals surface area contributed by atoms with E-state index >= 15 is 0 Å². The standard InChI is InChI=1S/C22H24ClN5O2/c1-2-28-19-18(10-5-11-24-19)26-20(22(28)30)27-12-6-8-16(14-27)21(29)25-13-15-7-3-4-9-17(15)23/h3-5,7,9-11,16H,2,6,8,12-14H2,1H3,(H,25,29). The number of carbonyl (C=O) groups excluding carboxylic acids is 1. The Hall–Kier alpha value is -2.93. The topological polar surface area (TPSA) is 80.1 Å². The third-order valence-electron chi connectivity index (χ3n) is 5.50. The van der Waals surface area contributed by atoms with Gasteiger partial charge in [0.25, 0.3) is 5.56 Å². The van der Waals surface area contributed by atoms with Crippen molar-refractivity contribution in [2.75, 3.05) is 18.0 Å². The van der Waals surface area contributed by atoms with Gasteiger partial charge < -0.3 is 10.2 Å². The van der Waals surface area contributed by atoms with E-state index in [1.54, 1.807) is 10.8 Å². The number of fused-ring (bicyclic) bond motifs is 1. The number of halogens is 1. The van der Waals surface area contributed by atoms with Gasteiger partial charge in [-0.25, -0.2) is 9.97 Å². The van der Waals surface area contributed by atoms with Crippen molar-refractivity contribution in [3.8, 4) is 0 Å². The Morgan fingerprint density at radius 2 is 2.10 bits per heavy atom. The third kappa shape index (κ3) is 4.03. The van der Waals surface area contributed by atoms with Crippen molar-refractivity contribution in [3.05, 3.63) is 63.5 Å². The number of benzene rings is 1. The number of amides is 1. The number of rotatable bonds is 5. The molecule has 0 spiro atoms. The highest BCUT2D eigenvalue weighted by Gasteiger charge is 2.28. The van der Waals surface area contributed by atoms with Crippen LogP contribution in [0.25, 0.3) is 11.2 Å². The van der Waals surface area contributed by atoms with E-state index in [4.69, 9.17) is 11.6 Å². The number of hydrogen-bond acceptors (Lipinski definition) is 5. The van der Waals surface area contributed by atoms with E-state index < -0.39 is 0 Å². The molecule has 7 nitrogen and oxygen atoms in total. The molecule has 1 unspecified atom stereocenters. The second kappa shape index (κ2) is 8.83. The van der Waals surface area contributed by atoms with Crippen molar-refractivity contribution in [2.24, 2.45) is 5.92 Å². The summed E-state index contributed by atoms with van der Waals surface area (Å²) >= 11 is 6.18. The summed E-state index contributed by atoms with van der Waals surface area (Å²) in [6, 6.07) is 11.1. The Bertz CT molecular complexity index is 1130. The smallest absolute Gasteiger partial charge is 0.295 e. The van der Waals surface area contributed by atoms with Crippen molar-refractivity contribution >= 4 is 34.5 Å². The van der Waals surface area contributed by atoms with Crippen LogP contribution in [-0.2, 0) is 17.9 Å². The molecule has 2 aromatic heterocycles. The van der Waals surface area contributed by atoms with Crippen LogP contribution in [0.2, 0.25) is 5.02 Å². The van der Waals surface area contributed by atoms with Crippen LogP contribution >= 0.6 is 11.6 Å². The molecule has 4 rings (SSSR count). The molecule has 0 aliphatic carbocycles. The molecule has 1 N–H and O–H groups in total. The summed E-state index contributed by atoms with van der Waals surface area (Å²) in [5.41, 5.74) is 1.98. The molecule has 1 aromatic carbocycles. The Balaban J connectivity index is 1.53. The number of aryl methyl sites for hydroxylation is 1. The van der Waals surface area contributed by atoms with Crippen molar-refractivity contribution in [1.29, 1.82) is 0 Å². The zero-order valence-electron chi connectivity index (χ0n) is 16.8. The fraction of sp³-hybridized carbons (Fsp3) is 0.364. The first-order valence-corrected chi connectivity index (χ1v) is 10.6. The van der Waals surface area contributed by atoms with E-state index in [1.165, 1.54) is 0 Å². The van der Waals surface area contributed by atoms with Crippen LogP contribution in [0.3, 0.4) is 0 Å². The molecule has 30 heavy (non-hydrogen) atoms. The lowest BCUT2D eigenvalue weighted by atomic mass is 9.97. The highest BCUT2D eigenvalue weighted by atomic mass is 35.5. The second-order valence-corrected chi connectivity index (χ2v) is 7.83. The molecule has 3 aromatic rings. The molecule has 8 heteroatoms. The van der Waals surface area contributed by atoms with E-state index in [0.29, 0.717) is 48.2 Å². The molecule has 3 heterocycles. The Labute approximate surface area is 179 Å². The third-order valence-corrected chi connectivity index (χ3v) is 5.87. The summed E-state index contributed by atoms with van der Waals surface area (Å²) < 4.78 is 1.64. The minimum absolute atomic E-state index is 0.0297. The van der Waals surface area contributed by atoms with Crippen molar-refractivity contribution in [1.82, 2.24) is 19.9 Å².